The van der Waals surface area contributed by atoms with Crippen molar-refractivity contribution in [3.8, 4) is 5.75 Å². The fourth-order valence-electron chi connectivity index (χ4n) is 1.71. The molecule has 0 atom stereocenters. The number of phenols is 1. The Balaban J connectivity index is 2.95. The molecule has 2 aromatic rings. The normalized spacial score (nSPS) is 11.9. The summed E-state index contributed by atoms with van der Waals surface area (Å²) in [5.41, 5.74) is 6.50. The smallest absolute Gasteiger partial charge is 0.298 e. The lowest BCUT2D eigenvalue weighted by Gasteiger charge is -2.09. The number of rotatable bonds is 1. The molecule has 0 spiro atoms. The van der Waals surface area contributed by atoms with Gasteiger partial charge in [0.05, 0.1) is 5.69 Å². The summed E-state index contributed by atoms with van der Waals surface area (Å²) < 4.78 is 31.1. The minimum absolute atomic E-state index is 0.0601. The quantitative estimate of drug-likeness (QED) is 0.408. The summed E-state index contributed by atoms with van der Waals surface area (Å²) in [7, 11) is -4.49. The van der Waals surface area contributed by atoms with Crippen molar-refractivity contribution >= 4 is 26.6 Å². The lowest BCUT2D eigenvalue weighted by atomic mass is 10.1. The van der Waals surface area contributed by atoms with E-state index in [9.17, 15) is 13.5 Å². The van der Waals surface area contributed by atoms with E-state index in [4.69, 9.17) is 10.3 Å². The first-order chi connectivity index (χ1) is 7.80. The van der Waals surface area contributed by atoms with Crippen LogP contribution < -0.4 is 5.73 Å². The Morgan fingerprint density at radius 3 is 2.47 bits per heavy atom. The number of aromatic hydroxyl groups is 1. The van der Waals surface area contributed by atoms with E-state index in [1.807, 2.05) is 6.92 Å². The summed E-state index contributed by atoms with van der Waals surface area (Å²) in [6, 6.07) is 6.40. The molecule has 0 aliphatic carbocycles. The molecule has 2 aromatic carbocycles. The minimum atomic E-state index is -4.49. The van der Waals surface area contributed by atoms with Crippen LogP contribution in [0.15, 0.2) is 29.2 Å². The van der Waals surface area contributed by atoms with Gasteiger partial charge in [0, 0.05) is 5.39 Å². The number of benzene rings is 2. The van der Waals surface area contributed by atoms with Crippen LogP contribution in [-0.4, -0.2) is 18.1 Å². The van der Waals surface area contributed by atoms with Crippen LogP contribution in [0.5, 0.6) is 5.75 Å². The molecule has 0 aliphatic rings. The van der Waals surface area contributed by atoms with E-state index in [0.717, 1.165) is 5.56 Å². The minimum Gasteiger partial charge on any atom is -0.504 e. The van der Waals surface area contributed by atoms with Gasteiger partial charge in [0.15, 0.2) is 5.75 Å². The summed E-state index contributed by atoms with van der Waals surface area (Å²) in [5.74, 6) is -0.621. The van der Waals surface area contributed by atoms with Gasteiger partial charge < -0.3 is 10.8 Å². The summed E-state index contributed by atoms with van der Waals surface area (Å²) in [6.45, 7) is 1.84. The number of phenolic OH excluding ortho intramolecular Hbond substituents is 1. The Morgan fingerprint density at radius 2 is 1.88 bits per heavy atom. The highest BCUT2D eigenvalue weighted by molar-refractivity contribution is 7.86. The van der Waals surface area contributed by atoms with Crippen LogP contribution in [0.4, 0.5) is 5.69 Å². The van der Waals surface area contributed by atoms with E-state index in [1.54, 1.807) is 18.2 Å². The van der Waals surface area contributed by atoms with Crippen LogP contribution in [-0.2, 0) is 10.1 Å². The number of hydrogen-bond donors (Lipinski definition) is 3. The Hall–Kier alpha value is -1.79. The lowest BCUT2D eigenvalue weighted by Crippen LogP contribution is -2.01. The van der Waals surface area contributed by atoms with Crippen LogP contribution in [0.2, 0.25) is 0 Å². The van der Waals surface area contributed by atoms with E-state index in [2.05, 4.69) is 0 Å². The molecular formula is C11H11NO4S. The molecule has 5 nitrogen and oxygen atoms in total. The SMILES string of the molecule is Cc1ccc2c(N)c(O)c(S(=O)(=O)O)cc2c1. The van der Waals surface area contributed by atoms with Crippen molar-refractivity contribution in [3.63, 3.8) is 0 Å². The summed E-state index contributed by atoms with van der Waals surface area (Å²) in [6.07, 6.45) is 0. The zero-order chi connectivity index (χ0) is 12.8. The predicted molar refractivity (Wildman–Crippen MR) is 64.6 cm³/mol. The fourth-order valence-corrected chi connectivity index (χ4v) is 2.34. The van der Waals surface area contributed by atoms with Gasteiger partial charge in [-0.2, -0.15) is 8.42 Å². The molecule has 0 amide bonds. The van der Waals surface area contributed by atoms with Crippen molar-refractivity contribution in [2.75, 3.05) is 5.73 Å². The molecule has 0 aliphatic heterocycles. The van der Waals surface area contributed by atoms with Gasteiger partial charge in [-0.25, -0.2) is 0 Å². The molecule has 0 radical (unpaired) electrons. The van der Waals surface area contributed by atoms with Crippen LogP contribution in [0, 0.1) is 6.92 Å². The van der Waals surface area contributed by atoms with Crippen molar-refractivity contribution < 1.29 is 18.1 Å². The zero-order valence-electron chi connectivity index (χ0n) is 9.01. The first-order valence-corrected chi connectivity index (χ1v) is 6.24. The summed E-state index contributed by atoms with van der Waals surface area (Å²) >= 11 is 0. The van der Waals surface area contributed by atoms with Crippen LogP contribution in [0.25, 0.3) is 10.8 Å². The first kappa shape index (κ1) is 11.7. The van der Waals surface area contributed by atoms with Gasteiger partial charge in [-0.3, -0.25) is 4.55 Å². The molecule has 90 valence electrons. The number of aryl methyl sites for hydroxylation is 1. The van der Waals surface area contributed by atoms with Crippen LogP contribution in [0.3, 0.4) is 0 Å². The van der Waals surface area contributed by atoms with Gasteiger partial charge in [0.25, 0.3) is 10.1 Å². The largest absolute Gasteiger partial charge is 0.504 e. The number of nitrogen functional groups attached to an aromatic ring is 1. The molecule has 4 N–H and O–H groups in total. The van der Waals surface area contributed by atoms with E-state index in [0.29, 0.717) is 10.8 Å². The second-order valence-corrected chi connectivity index (χ2v) is 5.23. The number of anilines is 1. The molecule has 0 fully saturated rings. The third-order valence-electron chi connectivity index (χ3n) is 2.55. The average molecular weight is 253 g/mol. The van der Waals surface area contributed by atoms with Crippen molar-refractivity contribution in [2.45, 2.75) is 11.8 Å². The monoisotopic (exact) mass is 253 g/mol. The highest BCUT2D eigenvalue weighted by Gasteiger charge is 2.19. The lowest BCUT2D eigenvalue weighted by molar-refractivity contribution is 0.446. The topological polar surface area (TPSA) is 101 Å². The Labute approximate surface area is 98.2 Å². The van der Waals surface area contributed by atoms with Gasteiger partial charge in [0.2, 0.25) is 0 Å². The summed E-state index contributed by atoms with van der Waals surface area (Å²) in [4.78, 5) is -0.576. The van der Waals surface area contributed by atoms with Crippen molar-refractivity contribution in [1.29, 1.82) is 0 Å². The number of fused-ring (bicyclic) bond motifs is 1. The molecule has 0 heterocycles. The second kappa shape index (κ2) is 3.61. The maximum Gasteiger partial charge on any atom is 0.298 e. The standard InChI is InChI=1S/C11H11NO4S/c1-6-2-3-8-7(4-6)5-9(17(14,15)16)11(13)10(8)12/h2-5,13H,12H2,1H3,(H,14,15,16). The molecule has 17 heavy (non-hydrogen) atoms. The number of nitrogens with two attached hydrogens (primary N) is 1. The summed E-state index contributed by atoms with van der Waals surface area (Å²) in [5, 5.41) is 10.7. The van der Waals surface area contributed by atoms with Crippen molar-refractivity contribution in [1.82, 2.24) is 0 Å². The molecule has 0 saturated carbocycles. The van der Waals surface area contributed by atoms with Gasteiger partial charge in [0.1, 0.15) is 4.90 Å². The molecule has 2 rings (SSSR count). The molecule has 6 heteroatoms. The first-order valence-electron chi connectivity index (χ1n) is 4.80. The maximum atomic E-state index is 11.1. The molecule has 0 bridgehead atoms. The van der Waals surface area contributed by atoms with Crippen molar-refractivity contribution in [3.05, 3.63) is 29.8 Å². The van der Waals surface area contributed by atoms with Gasteiger partial charge in [-0.05, 0) is 18.4 Å². The van der Waals surface area contributed by atoms with Gasteiger partial charge in [-0.1, -0.05) is 23.8 Å². The fraction of sp³-hybridized carbons (Fsp3) is 0.0909. The van der Waals surface area contributed by atoms with Crippen molar-refractivity contribution in [2.24, 2.45) is 0 Å². The third-order valence-corrected chi connectivity index (χ3v) is 3.42. The Kier molecular flexibility index (Phi) is 2.48. The van der Waals surface area contributed by atoms with Gasteiger partial charge >= 0.3 is 0 Å². The van der Waals surface area contributed by atoms with Gasteiger partial charge in [-0.15, -0.1) is 0 Å². The average Bonchev–Trinajstić information content (AvgIpc) is 2.21. The van der Waals surface area contributed by atoms with E-state index < -0.39 is 20.8 Å². The predicted octanol–water partition coefficient (Wildman–Crippen LogP) is 1.68. The Morgan fingerprint density at radius 1 is 1.24 bits per heavy atom. The zero-order valence-corrected chi connectivity index (χ0v) is 9.82. The van der Waals surface area contributed by atoms with Crippen LogP contribution in [0.1, 0.15) is 5.56 Å². The molecule has 0 saturated heterocycles. The molecule has 0 unspecified atom stereocenters. The van der Waals surface area contributed by atoms with E-state index in [-0.39, 0.29) is 5.69 Å². The highest BCUT2D eigenvalue weighted by Crippen LogP contribution is 2.36. The second-order valence-electron chi connectivity index (χ2n) is 3.84. The number of hydrogen-bond acceptors (Lipinski definition) is 4. The maximum absolute atomic E-state index is 11.1. The van der Waals surface area contributed by atoms with Crippen LogP contribution >= 0.6 is 0 Å². The highest BCUT2D eigenvalue weighted by atomic mass is 32.2. The Bertz CT molecular complexity index is 707. The van der Waals surface area contributed by atoms with E-state index in [1.165, 1.54) is 6.07 Å². The van der Waals surface area contributed by atoms with E-state index >= 15 is 0 Å². The molecular weight excluding hydrogens is 242 g/mol. The molecule has 0 aromatic heterocycles. The third kappa shape index (κ3) is 1.92.